The molecular formula is C15H16ClNO3S. The molecule has 0 saturated heterocycles. The van der Waals surface area contributed by atoms with E-state index in [1.54, 1.807) is 13.0 Å². The van der Waals surface area contributed by atoms with E-state index >= 15 is 0 Å². The van der Waals surface area contributed by atoms with E-state index in [1.165, 1.54) is 19.2 Å². The highest BCUT2D eigenvalue weighted by Crippen LogP contribution is 2.28. The highest BCUT2D eigenvalue weighted by molar-refractivity contribution is 7.89. The number of nitrogens with one attached hydrogen (secondary N) is 1. The summed E-state index contributed by atoms with van der Waals surface area (Å²) in [5, 5.41) is 0.337. The Kier molecular flexibility index (Phi) is 4.88. The van der Waals surface area contributed by atoms with Gasteiger partial charge in [0.15, 0.2) is 0 Å². The molecule has 0 radical (unpaired) electrons. The molecule has 1 N–H and O–H groups in total. The zero-order valence-corrected chi connectivity index (χ0v) is 13.3. The molecule has 0 heterocycles. The first-order chi connectivity index (χ1) is 9.94. The molecule has 2 rings (SSSR count). The molecular weight excluding hydrogens is 310 g/mol. The fraction of sp³-hybridized carbons (Fsp3) is 0.200. The Morgan fingerprint density at radius 1 is 1.14 bits per heavy atom. The Labute approximate surface area is 129 Å². The van der Waals surface area contributed by atoms with Crippen molar-refractivity contribution in [3.05, 3.63) is 59.1 Å². The van der Waals surface area contributed by atoms with Gasteiger partial charge >= 0.3 is 0 Å². The normalized spacial score (nSPS) is 12.9. The lowest BCUT2D eigenvalue weighted by Gasteiger charge is -2.16. The van der Waals surface area contributed by atoms with Gasteiger partial charge in [0, 0.05) is 11.1 Å². The molecule has 0 aliphatic rings. The summed E-state index contributed by atoms with van der Waals surface area (Å²) in [7, 11) is -2.31. The van der Waals surface area contributed by atoms with Crippen LogP contribution in [0.2, 0.25) is 5.02 Å². The molecule has 0 aliphatic heterocycles. The fourth-order valence-corrected chi connectivity index (χ4v) is 3.63. The summed E-state index contributed by atoms with van der Waals surface area (Å²) in [5.74, 6) is 0.257. The molecule has 2 aromatic rings. The van der Waals surface area contributed by atoms with Gasteiger partial charge in [0.2, 0.25) is 10.0 Å². The lowest BCUT2D eigenvalue weighted by molar-refractivity contribution is 0.402. The van der Waals surface area contributed by atoms with Crippen LogP contribution in [0.4, 0.5) is 0 Å². The number of hydrogen-bond acceptors (Lipinski definition) is 3. The summed E-state index contributed by atoms with van der Waals surface area (Å²) in [4.78, 5) is 0.0280. The van der Waals surface area contributed by atoms with Crippen LogP contribution in [-0.4, -0.2) is 15.5 Å². The number of methoxy groups -OCH3 is 1. The Hall–Kier alpha value is -1.56. The van der Waals surface area contributed by atoms with E-state index in [9.17, 15) is 8.42 Å². The van der Waals surface area contributed by atoms with Crippen molar-refractivity contribution in [2.45, 2.75) is 17.9 Å². The van der Waals surface area contributed by atoms with Gasteiger partial charge in [-0.05, 0) is 30.7 Å². The average Bonchev–Trinajstić information content (AvgIpc) is 2.47. The van der Waals surface area contributed by atoms with Crippen molar-refractivity contribution >= 4 is 21.6 Å². The first-order valence-electron chi connectivity index (χ1n) is 6.35. The number of ether oxygens (including phenoxy) is 1. The molecule has 0 fully saturated rings. The monoisotopic (exact) mass is 325 g/mol. The van der Waals surface area contributed by atoms with Crippen molar-refractivity contribution in [2.24, 2.45) is 0 Å². The predicted molar refractivity (Wildman–Crippen MR) is 83.2 cm³/mol. The minimum Gasteiger partial charge on any atom is -0.495 e. The second kappa shape index (κ2) is 6.47. The van der Waals surface area contributed by atoms with Gasteiger partial charge in [0.25, 0.3) is 0 Å². The number of benzene rings is 2. The van der Waals surface area contributed by atoms with Crippen LogP contribution < -0.4 is 9.46 Å². The van der Waals surface area contributed by atoms with Crippen LogP contribution in [0.15, 0.2) is 53.4 Å². The van der Waals surface area contributed by atoms with Gasteiger partial charge < -0.3 is 4.74 Å². The quantitative estimate of drug-likeness (QED) is 0.916. The number of sulfonamides is 1. The van der Waals surface area contributed by atoms with Crippen LogP contribution in [0, 0.1) is 0 Å². The van der Waals surface area contributed by atoms with Crippen LogP contribution in [0.25, 0.3) is 0 Å². The SMILES string of the molecule is COc1ccc(Cl)cc1S(=O)(=O)N[C@H](C)c1ccccc1. The second-order valence-corrected chi connectivity index (χ2v) is 6.67. The maximum Gasteiger partial charge on any atom is 0.244 e. The minimum absolute atomic E-state index is 0.0280. The first kappa shape index (κ1) is 15.8. The number of hydrogen-bond donors (Lipinski definition) is 1. The van der Waals surface area contributed by atoms with Crippen LogP contribution in [0.5, 0.6) is 5.75 Å². The second-order valence-electron chi connectivity index (χ2n) is 4.55. The molecule has 0 unspecified atom stereocenters. The summed E-state index contributed by atoms with van der Waals surface area (Å²) < 4.78 is 32.7. The van der Waals surface area contributed by atoms with Crippen molar-refractivity contribution in [3.63, 3.8) is 0 Å². The van der Waals surface area contributed by atoms with Gasteiger partial charge in [-0.3, -0.25) is 0 Å². The van der Waals surface area contributed by atoms with Gasteiger partial charge in [-0.2, -0.15) is 0 Å². The lowest BCUT2D eigenvalue weighted by Crippen LogP contribution is -2.27. The minimum atomic E-state index is -3.73. The summed E-state index contributed by atoms with van der Waals surface area (Å²) in [6, 6.07) is 13.5. The Morgan fingerprint density at radius 3 is 2.43 bits per heavy atom. The van der Waals surface area contributed by atoms with E-state index in [0.717, 1.165) is 5.56 Å². The van der Waals surface area contributed by atoms with Crippen molar-refractivity contribution in [1.29, 1.82) is 0 Å². The van der Waals surface area contributed by atoms with E-state index in [2.05, 4.69) is 4.72 Å². The lowest BCUT2D eigenvalue weighted by atomic mass is 10.1. The van der Waals surface area contributed by atoms with E-state index in [0.29, 0.717) is 5.02 Å². The summed E-state index contributed by atoms with van der Waals surface area (Å²) in [6.45, 7) is 1.78. The maximum atomic E-state index is 12.5. The van der Waals surface area contributed by atoms with E-state index in [-0.39, 0.29) is 16.7 Å². The van der Waals surface area contributed by atoms with Crippen LogP contribution in [0.3, 0.4) is 0 Å². The van der Waals surface area contributed by atoms with Gasteiger partial charge in [-0.25, -0.2) is 13.1 Å². The zero-order valence-electron chi connectivity index (χ0n) is 11.7. The zero-order chi connectivity index (χ0) is 15.5. The summed E-state index contributed by atoms with van der Waals surface area (Å²) in [6.07, 6.45) is 0. The van der Waals surface area contributed by atoms with Crippen molar-refractivity contribution in [2.75, 3.05) is 7.11 Å². The molecule has 0 bridgehead atoms. The van der Waals surface area contributed by atoms with Crippen LogP contribution in [-0.2, 0) is 10.0 Å². The first-order valence-corrected chi connectivity index (χ1v) is 8.21. The molecule has 4 nitrogen and oxygen atoms in total. The molecule has 2 aromatic carbocycles. The molecule has 0 amide bonds. The number of rotatable bonds is 5. The van der Waals surface area contributed by atoms with E-state index in [4.69, 9.17) is 16.3 Å². The largest absolute Gasteiger partial charge is 0.495 e. The fourth-order valence-electron chi connectivity index (χ4n) is 1.97. The van der Waals surface area contributed by atoms with Gasteiger partial charge in [0.1, 0.15) is 10.6 Å². The van der Waals surface area contributed by atoms with E-state index in [1.807, 2.05) is 30.3 Å². The predicted octanol–water partition coefficient (Wildman–Crippen LogP) is 3.39. The molecule has 0 saturated carbocycles. The Bertz CT molecular complexity index is 717. The third-order valence-corrected chi connectivity index (χ3v) is 4.84. The highest BCUT2D eigenvalue weighted by atomic mass is 35.5. The van der Waals surface area contributed by atoms with Crippen molar-refractivity contribution in [3.8, 4) is 5.75 Å². The molecule has 6 heteroatoms. The van der Waals surface area contributed by atoms with Gasteiger partial charge in [-0.15, -0.1) is 0 Å². The van der Waals surface area contributed by atoms with Crippen LogP contribution in [0.1, 0.15) is 18.5 Å². The standard InChI is InChI=1S/C15H16ClNO3S/c1-11(12-6-4-3-5-7-12)17-21(18,19)15-10-13(16)8-9-14(15)20-2/h3-11,17H,1-2H3/t11-/m1/s1. The molecule has 0 spiro atoms. The smallest absolute Gasteiger partial charge is 0.244 e. The number of halogens is 1. The molecule has 0 aromatic heterocycles. The Morgan fingerprint density at radius 2 is 1.81 bits per heavy atom. The summed E-state index contributed by atoms with van der Waals surface area (Å²) in [5.41, 5.74) is 0.877. The third kappa shape index (κ3) is 3.75. The molecule has 0 aliphatic carbocycles. The highest BCUT2D eigenvalue weighted by Gasteiger charge is 2.22. The Balaban J connectivity index is 2.33. The average molecular weight is 326 g/mol. The third-order valence-electron chi connectivity index (χ3n) is 3.05. The van der Waals surface area contributed by atoms with E-state index < -0.39 is 10.0 Å². The summed E-state index contributed by atoms with van der Waals surface area (Å²) >= 11 is 5.89. The van der Waals surface area contributed by atoms with Gasteiger partial charge in [-0.1, -0.05) is 41.9 Å². The molecule has 1 atom stereocenters. The topological polar surface area (TPSA) is 55.4 Å². The van der Waals surface area contributed by atoms with Crippen LogP contribution >= 0.6 is 11.6 Å². The molecule has 21 heavy (non-hydrogen) atoms. The maximum absolute atomic E-state index is 12.5. The van der Waals surface area contributed by atoms with Crippen molar-refractivity contribution < 1.29 is 13.2 Å². The van der Waals surface area contributed by atoms with Crippen molar-refractivity contribution in [1.82, 2.24) is 4.72 Å². The van der Waals surface area contributed by atoms with Gasteiger partial charge in [0.05, 0.1) is 7.11 Å². The molecule has 112 valence electrons.